The molecule has 0 saturated carbocycles. The zero-order valence-corrected chi connectivity index (χ0v) is 14.8. The Labute approximate surface area is 139 Å². The van der Waals surface area contributed by atoms with Crippen LogP contribution >= 0.6 is 0 Å². The molecule has 130 valence electrons. The van der Waals surface area contributed by atoms with Crippen molar-refractivity contribution in [3.8, 4) is 0 Å². The van der Waals surface area contributed by atoms with Crippen LogP contribution in [0.4, 0.5) is 10.5 Å². The highest BCUT2D eigenvalue weighted by Gasteiger charge is 2.24. The van der Waals surface area contributed by atoms with Gasteiger partial charge >= 0.3 is 6.03 Å². The van der Waals surface area contributed by atoms with Gasteiger partial charge in [-0.3, -0.25) is 4.68 Å². The Morgan fingerprint density at radius 2 is 2.26 bits per heavy atom. The first-order valence-electron chi connectivity index (χ1n) is 8.77. The SMILES string of the molecule is CCC[C@H]1CN(C(=O)Nc2cnn(CC(C)C)c2CC)CCO1. The first-order chi connectivity index (χ1) is 11.0. The third-order valence-electron chi connectivity index (χ3n) is 4.10. The molecule has 0 unspecified atom stereocenters. The van der Waals surface area contributed by atoms with Crippen LogP contribution in [0.5, 0.6) is 0 Å². The number of nitrogens with zero attached hydrogens (tertiary/aromatic N) is 3. The minimum Gasteiger partial charge on any atom is -0.375 e. The summed E-state index contributed by atoms with van der Waals surface area (Å²) in [7, 11) is 0. The number of rotatable bonds is 6. The highest BCUT2D eigenvalue weighted by Crippen LogP contribution is 2.19. The maximum atomic E-state index is 12.5. The second-order valence-corrected chi connectivity index (χ2v) is 6.59. The van der Waals surface area contributed by atoms with Gasteiger partial charge in [0, 0.05) is 19.6 Å². The Hall–Kier alpha value is -1.56. The van der Waals surface area contributed by atoms with Crippen LogP contribution in [0.1, 0.15) is 46.2 Å². The smallest absolute Gasteiger partial charge is 0.322 e. The van der Waals surface area contributed by atoms with Gasteiger partial charge in [0.15, 0.2) is 0 Å². The predicted molar refractivity (Wildman–Crippen MR) is 91.7 cm³/mol. The first-order valence-corrected chi connectivity index (χ1v) is 8.77. The summed E-state index contributed by atoms with van der Waals surface area (Å²) in [5, 5.41) is 7.46. The summed E-state index contributed by atoms with van der Waals surface area (Å²) >= 11 is 0. The van der Waals surface area contributed by atoms with E-state index in [-0.39, 0.29) is 12.1 Å². The Balaban J connectivity index is 2.01. The molecule has 1 aromatic rings. The molecule has 1 aliphatic rings. The summed E-state index contributed by atoms with van der Waals surface area (Å²) in [6.07, 6.45) is 4.85. The van der Waals surface area contributed by atoms with Crippen LogP contribution in [0.2, 0.25) is 0 Å². The van der Waals surface area contributed by atoms with E-state index in [1.807, 2.05) is 9.58 Å². The Morgan fingerprint density at radius 3 is 2.91 bits per heavy atom. The summed E-state index contributed by atoms with van der Waals surface area (Å²) < 4.78 is 7.70. The van der Waals surface area contributed by atoms with E-state index in [1.54, 1.807) is 6.20 Å². The van der Waals surface area contributed by atoms with E-state index in [2.05, 4.69) is 38.1 Å². The Morgan fingerprint density at radius 1 is 1.48 bits per heavy atom. The number of morpholine rings is 1. The van der Waals surface area contributed by atoms with Crippen molar-refractivity contribution < 1.29 is 9.53 Å². The molecule has 1 fully saturated rings. The second-order valence-electron chi connectivity index (χ2n) is 6.59. The third kappa shape index (κ3) is 4.70. The maximum Gasteiger partial charge on any atom is 0.322 e. The van der Waals surface area contributed by atoms with Crippen LogP contribution in [0, 0.1) is 5.92 Å². The fourth-order valence-corrected chi connectivity index (χ4v) is 2.99. The van der Waals surface area contributed by atoms with E-state index in [9.17, 15) is 4.79 Å². The average molecular weight is 322 g/mol. The van der Waals surface area contributed by atoms with Crippen LogP contribution in [-0.4, -0.2) is 46.5 Å². The number of anilines is 1. The van der Waals surface area contributed by atoms with Gasteiger partial charge in [-0.15, -0.1) is 0 Å². The minimum absolute atomic E-state index is 0.0480. The molecule has 0 aromatic carbocycles. The van der Waals surface area contributed by atoms with Crippen LogP contribution in [0.25, 0.3) is 0 Å². The number of hydrogen-bond donors (Lipinski definition) is 1. The summed E-state index contributed by atoms with van der Waals surface area (Å²) in [6.45, 7) is 11.4. The lowest BCUT2D eigenvalue weighted by atomic mass is 10.2. The standard InChI is InChI=1S/C17H30N4O2/c1-5-7-14-12-20(8-9-23-14)17(22)19-15-10-18-21(11-13(3)4)16(15)6-2/h10,13-14H,5-9,11-12H2,1-4H3,(H,19,22)/t14-/m0/s1. The number of amides is 2. The Kier molecular flexibility index (Phi) is 6.45. The zero-order chi connectivity index (χ0) is 16.8. The van der Waals surface area contributed by atoms with E-state index in [1.165, 1.54) is 0 Å². The fourth-order valence-electron chi connectivity index (χ4n) is 2.99. The topological polar surface area (TPSA) is 59.4 Å². The van der Waals surface area contributed by atoms with Gasteiger partial charge in [-0.25, -0.2) is 4.79 Å². The van der Waals surface area contributed by atoms with Crippen molar-refractivity contribution in [1.29, 1.82) is 0 Å². The number of carbonyl (C=O) groups excluding carboxylic acids is 1. The van der Waals surface area contributed by atoms with Gasteiger partial charge < -0.3 is 15.0 Å². The number of urea groups is 1. The number of hydrogen-bond acceptors (Lipinski definition) is 3. The molecule has 2 rings (SSSR count). The molecule has 23 heavy (non-hydrogen) atoms. The first kappa shape index (κ1) is 17.8. The van der Waals surface area contributed by atoms with Crippen molar-refractivity contribution in [2.24, 2.45) is 5.92 Å². The van der Waals surface area contributed by atoms with Crippen LogP contribution < -0.4 is 5.32 Å². The lowest BCUT2D eigenvalue weighted by Crippen LogP contribution is -2.47. The predicted octanol–water partition coefficient (Wildman–Crippen LogP) is 3.13. The van der Waals surface area contributed by atoms with Crippen molar-refractivity contribution in [3.63, 3.8) is 0 Å². The van der Waals surface area contributed by atoms with E-state index in [4.69, 9.17) is 4.74 Å². The molecule has 1 aromatic heterocycles. The maximum absolute atomic E-state index is 12.5. The van der Waals surface area contributed by atoms with Gasteiger partial charge in [-0.2, -0.15) is 5.10 Å². The fraction of sp³-hybridized carbons (Fsp3) is 0.765. The van der Waals surface area contributed by atoms with Gasteiger partial charge in [0.2, 0.25) is 0 Å². The molecular weight excluding hydrogens is 292 g/mol. The van der Waals surface area contributed by atoms with Crippen LogP contribution in [0.3, 0.4) is 0 Å². The monoisotopic (exact) mass is 322 g/mol. The highest BCUT2D eigenvalue weighted by molar-refractivity contribution is 5.89. The largest absolute Gasteiger partial charge is 0.375 e. The van der Waals surface area contributed by atoms with E-state index in [0.717, 1.165) is 37.2 Å². The molecule has 1 atom stereocenters. The van der Waals surface area contributed by atoms with Gasteiger partial charge in [-0.1, -0.05) is 34.1 Å². The average Bonchev–Trinajstić information content (AvgIpc) is 2.88. The number of aromatic nitrogens is 2. The molecule has 1 aliphatic heterocycles. The second kappa shape index (κ2) is 8.34. The molecule has 0 bridgehead atoms. The minimum atomic E-state index is -0.0480. The van der Waals surface area contributed by atoms with Gasteiger partial charge in [0.05, 0.1) is 30.3 Å². The molecule has 6 heteroatoms. The van der Waals surface area contributed by atoms with Gasteiger partial charge in [-0.05, 0) is 18.8 Å². The lowest BCUT2D eigenvalue weighted by molar-refractivity contribution is -0.0162. The molecule has 2 heterocycles. The number of nitrogens with one attached hydrogen (secondary N) is 1. The van der Waals surface area contributed by atoms with E-state index >= 15 is 0 Å². The Bertz CT molecular complexity index is 511. The summed E-state index contributed by atoms with van der Waals surface area (Å²) in [4.78, 5) is 14.4. The van der Waals surface area contributed by atoms with E-state index < -0.39 is 0 Å². The van der Waals surface area contributed by atoms with Crippen LogP contribution in [0.15, 0.2) is 6.20 Å². The van der Waals surface area contributed by atoms with E-state index in [0.29, 0.717) is 25.6 Å². The van der Waals surface area contributed by atoms with Crippen molar-refractivity contribution in [2.45, 2.75) is 59.6 Å². The molecule has 0 aliphatic carbocycles. The molecule has 0 spiro atoms. The molecule has 0 radical (unpaired) electrons. The number of carbonyl (C=O) groups is 1. The number of ether oxygens (including phenoxy) is 1. The molecule has 6 nitrogen and oxygen atoms in total. The van der Waals surface area contributed by atoms with Crippen molar-refractivity contribution >= 4 is 11.7 Å². The quantitative estimate of drug-likeness (QED) is 0.875. The zero-order valence-electron chi connectivity index (χ0n) is 14.8. The summed E-state index contributed by atoms with van der Waals surface area (Å²) in [5.74, 6) is 0.526. The molecular formula is C17H30N4O2. The third-order valence-corrected chi connectivity index (χ3v) is 4.10. The van der Waals surface area contributed by atoms with Crippen molar-refractivity contribution in [3.05, 3.63) is 11.9 Å². The van der Waals surface area contributed by atoms with Gasteiger partial charge in [0.25, 0.3) is 0 Å². The molecule has 2 amide bonds. The van der Waals surface area contributed by atoms with Gasteiger partial charge in [0.1, 0.15) is 0 Å². The summed E-state index contributed by atoms with van der Waals surface area (Å²) in [5.41, 5.74) is 1.92. The normalized spacial score (nSPS) is 18.5. The lowest BCUT2D eigenvalue weighted by Gasteiger charge is -2.32. The van der Waals surface area contributed by atoms with Crippen LogP contribution in [-0.2, 0) is 17.7 Å². The molecule has 1 saturated heterocycles. The van der Waals surface area contributed by atoms with Crippen molar-refractivity contribution in [2.75, 3.05) is 25.0 Å². The molecule has 1 N–H and O–H groups in total. The van der Waals surface area contributed by atoms with Crippen molar-refractivity contribution in [1.82, 2.24) is 14.7 Å². The highest BCUT2D eigenvalue weighted by atomic mass is 16.5. The summed E-state index contributed by atoms with van der Waals surface area (Å²) in [6, 6.07) is -0.0480.